The average Bonchev–Trinajstić information content (AvgIpc) is 3.05. The van der Waals surface area contributed by atoms with Crippen molar-refractivity contribution in [3.63, 3.8) is 0 Å². The molecule has 0 radical (unpaired) electrons. The van der Waals surface area contributed by atoms with E-state index >= 15 is 0 Å². The summed E-state index contributed by atoms with van der Waals surface area (Å²) in [5.74, 6) is 0.342. The molecule has 3 rings (SSSR count). The van der Waals surface area contributed by atoms with Crippen LogP contribution in [-0.2, 0) is 6.54 Å². The Balaban J connectivity index is 1.64. The van der Waals surface area contributed by atoms with Gasteiger partial charge in [0.2, 0.25) is 11.7 Å². The Morgan fingerprint density at radius 1 is 1.18 bits per heavy atom. The molecule has 3 aromatic rings. The van der Waals surface area contributed by atoms with E-state index in [4.69, 9.17) is 5.11 Å². The van der Waals surface area contributed by atoms with Gasteiger partial charge in [-0.2, -0.15) is 9.68 Å². The van der Waals surface area contributed by atoms with Gasteiger partial charge >= 0.3 is 0 Å². The summed E-state index contributed by atoms with van der Waals surface area (Å²) in [5, 5.41) is 45.7. The molecule has 146 valence electrons. The summed E-state index contributed by atoms with van der Waals surface area (Å²) < 4.78 is 4.29. The molecule has 10 heteroatoms. The van der Waals surface area contributed by atoms with Crippen LogP contribution in [0.4, 0.5) is 0 Å². The molecule has 0 saturated carbocycles. The fourth-order valence-electron chi connectivity index (χ4n) is 2.59. The van der Waals surface area contributed by atoms with E-state index in [1.54, 1.807) is 49.6 Å². The van der Waals surface area contributed by atoms with Crippen LogP contribution in [0, 0.1) is 0 Å². The minimum atomic E-state index is -0.983. The summed E-state index contributed by atoms with van der Waals surface area (Å²) in [7, 11) is 0. The Kier molecular flexibility index (Phi) is 6.25. The number of hydrogen-bond acceptors (Lipinski definition) is 6. The lowest BCUT2D eigenvalue weighted by molar-refractivity contribution is -0.735. The Bertz CT molecular complexity index is 1050. The highest BCUT2D eigenvalue weighted by molar-refractivity contribution is 5.79. The zero-order valence-electron chi connectivity index (χ0n) is 15.4. The molecule has 3 N–H and O–H groups in total. The summed E-state index contributed by atoms with van der Waals surface area (Å²) in [6.45, 7) is 2.24. The molecule has 1 atom stereocenters. The molecule has 28 heavy (non-hydrogen) atoms. The highest BCUT2D eigenvalue weighted by Crippen LogP contribution is 2.10. The third-order valence-corrected chi connectivity index (χ3v) is 3.96. The molecule has 0 fully saturated rings. The lowest BCUT2D eigenvalue weighted by Crippen LogP contribution is -2.40. The van der Waals surface area contributed by atoms with Gasteiger partial charge in [0, 0.05) is 18.9 Å². The summed E-state index contributed by atoms with van der Waals surface area (Å²) in [4.78, 5) is 0. The van der Waals surface area contributed by atoms with E-state index in [1.807, 2.05) is 10.6 Å². The third-order valence-electron chi connectivity index (χ3n) is 3.96. The van der Waals surface area contributed by atoms with E-state index in [-0.39, 0.29) is 13.2 Å². The maximum atomic E-state index is 10.3. The number of imidazole rings is 1. The van der Waals surface area contributed by atoms with Crippen molar-refractivity contribution in [2.24, 2.45) is 20.4 Å². The van der Waals surface area contributed by atoms with Gasteiger partial charge in [-0.1, -0.05) is 12.1 Å². The molecule has 1 unspecified atom stereocenters. The first kappa shape index (κ1) is 19.4. The second kappa shape index (κ2) is 9.02. The van der Waals surface area contributed by atoms with Gasteiger partial charge in [-0.25, -0.2) is 0 Å². The van der Waals surface area contributed by atoms with Crippen LogP contribution in [0.25, 0.3) is 11.0 Å². The molecule has 0 aliphatic heterocycles. The topological polar surface area (TPSA) is 124 Å². The van der Waals surface area contributed by atoms with Crippen LogP contribution in [0.3, 0.4) is 0 Å². The SMILES string of the molecule is CC(N=NCC(O)[n+]1cn(O)c2ccccc21)=NN=c1ccn(CCO)cc1. The molecule has 1 aromatic carbocycles. The first-order valence-corrected chi connectivity index (χ1v) is 8.70. The number of aliphatic hydroxyl groups is 2. The lowest BCUT2D eigenvalue weighted by Gasteiger charge is -2.03. The van der Waals surface area contributed by atoms with Crippen LogP contribution in [-0.4, -0.2) is 43.7 Å². The van der Waals surface area contributed by atoms with E-state index in [1.165, 1.54) is 10.9 Å². The van der Waals surface area contributed by atoms with Crippen molar-refractivity contribution in [2.75, 3.05) is 13.2 Å². The van der Waals surface area contributed by atoms with Crippen molar-refractivity contribution in [1.29, 1.82) is 0 Å². The number of amidine groups is 1. The number of rotatable bonds is 6. The number of benzene rings is 1. The molecule has 0 aliphatic carbocycles. The number of aromatic nitrogens is 3. The second-order valence-corrected chi connectivity index (χ2v) is 6.03. The molecule has 0 amide bonds. The van der Waals surface area contributed by atoms with Crippen molar-refractivity contribution >= 4 is 16.9 Å². The summed E-state index contributed by atoms with van der Waals surface area (Å²) in [6.07, 6.45) is 4.00. The quantitative estimate of drug-likeness (QED) is 0.146. The van der Waals surface area contributed by atoms with Crippen LogP contribution in [0.15, 0.2) is 75.6 Å². The predicted molar refractivity (Wildman–Crippen MR) is 100 cm³/mol. The first-order chi connectivity index (χ1) is 13.6. The van der Waals surface area contributed by atoms with Gasteiger partial charge in [0.05, 0.1) is 12.0 Å². The Morgan fingerprint density at radius 2 is 1.93 bits per heavy atom. The van der Waals surface area contributed by atoms with Gasteiger partial charge in [-0.15, -0.1) is 15.3 Å². The van der Waals surface area contributed by atoms with Crippen LogP contribution in [0.1, 0.15) is 13.2 Å². The van der Waals surface area contributed by atoms with Crippen molar-refractivity contribution in [2.45, 2.75) is 19.7 Å². The zero-order valence-corrected chi connectivity index (χ0v) is 15.4. The largest absolute Gasteiger partial charge is 0.395 e. The van der Waals surface area contributed by atoms with E-state index in [0.717, 1.165) is 4.73 Å². The van der Waals surface area contributed by atoms with Crippen molar-refractivity contribution in [3.05, 3.63) is 60.5 Å². The molecule has 0 saturated heterocycles. The maximum absolute atomic E-state index is 10.3. The normalized spacial score (nSPS) is 13.3. The third kappa shape index (κ3) is 4.67. The number of azo groups is 1. The molecule has 10 nitrogen and oxygen atoms in total. The smallest absolute Gasteiger partial charge is 0.287 e. The van der Waals surface area contributed by atoms with Crippen molar-refractivity contribution < 1.29 is 20.0 Å². The highest BCUT2D eigenvalue weighted by Gasteiger charge is 2.20. The summed E-state index contributed by atoms with van der Waals surface area (Å²) in [6, 6.07) is 10.7. The zero-order chi connectivity index (χ0) is 19.9. The monoisotopic (exact) mass is 384 g/mol. The number of nitrogens with zero attached hydrogens (tertiary/aromatic N) is 7. The van der Waals surface area contributed by atoms with E-state index < -0.39 is 6.23 Å². The van der Waals surface area contributed by atoms with Gasteiger partial charge in [-0.05, 0) is 35.9 Å². The minimum Gasteiger partial charge on any atom is -0.395 e. The second-order valence-electron chi connectivity index (χ2n) is 6.03. The molecule has 2 heterocycles. The van der Waals surface area contributed by atoms with Crippen LogP contribution in [0.5, 0.6) is 0 Å². The molecular formula is C18H22N7O3+. The van der Waals surface area contributed by atoms with Crippen LogP contribution >= 0.6 is 0 Å². The van der Waals surface area contributed by atoms with Gasteiger partial charge in [0.15, 0.2) is 11.4 Å². The Hall–Kier alpha value is -3.37. The minimum absolute atomic E-state index is 0.00195. The maximum Gasteiger partial charge on any atom is 0.287 e. The van der Waals surface area contributed by atoms with Crippen molar-refractivity contribution in [3.8, 4) is 0 Å². The van der Waals surface area contributed by atoms with Crippen LogP contribution < -0.4 is 9.92 Å². The fourth-order valence-corrected chi connectivity index (χ4v) is 2.59. The molecule has 0 aliphatic rings. The highest BCUT2D eigenvalue weighted by atomic mass is 16.5. The fraction of sp³-hybridized carbons (Fsp3) is 0.278. The standard InChI is InChI=1S/C18H22N7O3/c1-14(21-22-15-6-8-23(9-7-15)10-11-26)20-19-12-18(27)24-13-25(28)17-5-3-2-4-16(17)24/h2-9,13,18,26-28H,10-12H2,1H3/q+1. The Morgan fingerprint density at radius 3 is 2.68 bits per heavy atom. The van der Waals surface area contributed by atoms with E-state index in [2.05, 4.69) is 20.4 Å². The van der Waals surface area contributed by atoms with Gasteiger partial charge < -0.3 is 20.0 Å². The molecule has 0 spiro atoms. The number of fused-ring (bicyclic) bond motifs is 1. The summed E-state index contributed by atoms with van der Waals surface area (Å²) >= 11 is 0. The number of pyridine rings is 1. The Labute approximate surface area is 160 Å². The van der Waals surface area contributed by atoms with Gasteiger partial charge in [0.25, 0.3) is 6.33 Å². The summed E-state index contributed by atoms with van der Waals surface area (Å²) in [5.41, 5.74) is 1.26. The lowest BCUT2D eigenvalue weighted by atomic mass is 10.3. The van der Waals surface area contributed by atoms with E-state index in [9.17, 15) is 10.3 Å². The van der Waals surface area contributed by atoms with Crippen LogP contribution in [0.2, 0.25) is 0 Å². The molecule has 2 aromatic heterocycles. The molecular weight excluding hydrogens is 362 g/mol. The number of para-hydroxylation sites is 2. The number of aliphatic hydroxyl groups excluding tert-OH is 2. The van der Waals surface area contributed by atoms with Crippen molar-refractivity contribution in [1.82, 2.24) is 9.30 Å². The van der Waals surface area contributed by atoms with Gasteiger partial charge in [0.1, 0.15) is 6.54 Å². The predicted octanol–water partition coefficient (Wildman–Crippen LogP) is 0.837. The van der Waals surface area contributed by atoms with E-state index in [0.29, 0.717) is 28.8 Å². The number of hydrogen-bond donors (Lipinski definition) is 3. The average molecular weight is 384 g/mol. The molecule has 0 bridgehead atoms. The first-order valence-electron chi connectivity index (χ1n) is 8.70. The van der Waals surface area contributed by atoms with Gasteiger partial charge in [-0.3, -0.25) is 0 Å².